The summed E-state index contributed by atoms with van der Waals surface area (Å²) in [6.45, 7) is 0. The molecule has 0 aliphatic heterocycles. The molecule has 0 radical (unpaired) electrons. The number of hydrogen-bond donors (Lipinski definition) is 1. The third kappa shape index (κ3) is 2.34. The van der Waals surface area contributed by atoms with Crippen LogP contribution in [0.2, 0.25) is 0 Å². The second-order valence-electron chi connectivity index (χ2n) is 2.85. The number of Topliss-reactive ketones (excluding diaryl/α,β-unsaturated/α-hetero) is 1. The molecule has 1 aromatic rings. The van der Waals surface area contributed by atoms with E-state index in [0.29, 0.717) is 0 Å². The Bertz CT molecular complexity index is 459. The van der Waals surface area contributed by atoms with E-state index in [1.165, 1.54) is 18.2 Å². The summed E-state index contributed by atoms with van der Waals surface area (Å²) >= 11 is 5.57. The van der Waals surface area contributed by atoms with Crippen LogP contribution in [0.4, 0.5) is 5.69 Å². The van der Waals surface area contributed by atoms with Crippen molar-refractivity contribution in [2.75, 3.05) is 0 Å². The first-order chi connectivity index (χ1) is 7.45. The van der Waals surface area contributed by atoms with Gasteiger partial charge in [0.25, 0.3) is 11.5 Å². The molecule has 16 heavy (non-hydrogen) atoms. The van der Waals surface area contributed by atoms with Crippen molar-refractivity contribution in [3.05, 3.63) is 39.9 Å². The fourth-order valence-corrected chi connectivity index (χ4v) is 1.40. The standard InChI is InChI=1S/C9H6ClNO5/c10-7(8(12)9(13)14)5-3-1-2-4-6(5)11(15)16/h1-4,7H,(H,13,14). The fourth-order valence-electron chi connectivity index (χ4n) is 1.12. The molecule has 1 N–H and O–H groups in total. The quantitative estimate of drug-likeness (QED) is 0.374. The van der Waals surface area contributed by atoms with Gasteiger partial charge in [0.05, 0.1) is 10.5 Å². The molecule has 0 aliphatic carbocycles. The number of nitro benzene ring substituents is 1. The summed E-state index contributed by atoms with van der Waals surface area (Å²) in [5.74, 6) is -3.02. The molecule has 1 atom stereocenters. The number of aliphatic carboxylic acids is 1. The number of carboxylic acid groups (broad SMARTS) is 1. The Morgan fingerprint density at radius 1 is 1.38 bits per heavy atom. The van der Waals surface area contributed by atoms with Crippen molar-refractivity contribution >= 4 is 29.0 Å². The molecule has 0 fully saturated rings. The Kier molecular flexibility index (Phi) is 3.57. The molecular weight excluding hydrogens is 238 g/mol. The van der Waals surface area contributed by atoms with E-state index < -0.39 is 22.1 Å². The van der Waals surface area contributed by atoms with E-state index in [1.54, 1.807) is 0 Å². The lowest BCUT2D eigenvalue weighted by Crippen LogP contribution is -2.18. The normalized spacial score (nSPS) is 11.8. The van der Waals surface area contributed by atoms with Crippen molar-refractivity contribution in [3.8, 4) is 0 Å². The van der Waals surface area contributed by atoms with Crippen LogP contribution >= 0.6 is 11.6 Å². The number of para-hydroxylation sites is 1. The molecule has 1 rings (SSSR count). The monoisotopic (exact) mass is 243 g/mol. The van der Waals surface area contributed by atoms with Crippen molar-refractivity contribution < 1.29 is 19.6 Å². The number of benzene rings is 1. The Balaban J connectivity index is 3.18. The number of carbonyl (C=O) groups is 2. The number of rotatable bonds is 4. The molecule has 0 bridgehead atoms. The highest BCUT2D eigenvalue weighted by Gasteiger charge is 2.29. The average molecular weight is 244 g/mol. The van der Waals surface area contributed by atoms with Crippen LogP contribution in [0.5, 0.6) is 0 Å². The molecule has 0 aromatic heterocycles. The first kappa shape index (κ1) is 12.1. The van der Waals surface area contributed by atoms with Crippen LogP contribution in [0.15, 0.2) is 24.3 Å². The van der Waals surface area contributed by atoms with Gasteiger partial charge < -0.3 is 5.11 Å². The molecule has 0 aliphatic rings. The van der Waals surface area contributed by atoms with E-state index in [2.05, 4.69) is 0 Å². The molecular formula is C9H6ClNO5. The summed E-state index contributed by atoms with van der Waals surface area (Å²) in [4.78, 5) is 31.3. The van der Waals surface area contributed by atoms with Gasteiger partial charge in [0.2, 0.25) is 0 Å². The van der Waals surface area contributed by atoms with Gasteiger partial charge in [-0.1, -0.05) is 18.2 Å². The second kappa shape index (κ2) is 4.71. The van der Waals surface area contributed by atoms with Crippen LogP contribution in [0.1, 0.15) is 10.9 Å². The average Bonchev–Trinajstić information content (AvgIpc) is 2.26. The highest BCUT2D eigenvalue weighted by molar-refractivity contribution is 6.47. The summed E-state index contributed by atoms with van der Waals surface area (Å²) in [5, 5.41) is 17.5. The van der Waals surface area contributed by atoms with Crippen LogP contribution in [0.25, 0.3) is 0 Å². The number of hydrogen-bond acceptors (Lipinski definition) is 4. The van der Waals surface area contributed by atoms with E-state index in [9.17, 15) is 19.7 Å². The maximum absolute atomic E-state index is 11.1. The predicted molar refractivity (Wildman–Crippen MR) is 54.3 cm³/mol. The minimum Gasteiger partial charge on any atom is -0.475 e. The van der Waals surface area contributed by atoms with Gasteiger partial charge in [-0.2, -0.15) is 0 Å². The molecule has 0 spiro atoms. The number of ketones is 1. The van der Waals surface area contributed by atoms with Crippen LogP contribution in [-0.4, -0.2) is 21.8 Å². The number of alkyl halides is 1. The van der Waals surface area contributed by atoms with E-state index in [0.717, 1.165) is 6.07 Å². The molecule has 1 unspecified atom stereocenters. The number of nitro groups is 1. The fraction of sp³-hybridized carbons (Fsp3) is 0.111. The SMILES string of the molecule is O=C(O)C(=O)C(Cl)c1ccccc1[N+](=O)[O-]. The van der Waals surface area contributed by atoms with Gasteiger partial charge in [0, 0.05) is 6.07 Å². The first-order valence-corrected chi connectivity index (χ1v) is 4.53. The van der Waals surface area contributed by atoms with Gasteiger partial charge in [-0.25, -0.2) is 4.79 Å². The molecule has 0 heterocycles. The highest BCUT2D eigenvalue weighted by Crippen LogP contribution is 2.29. The van der Waals surface area contributed by atoms with Crippen molar-refractivity contribution in [2.45, 2.75) is 5.38 Å². The summed E-state index contributed by atoms with van der Waals surface area (Å²) in [6.07, 6.45) is 0. The highest BCUT2D eigenvalue weighted by atomic mass is 35.5. The number of halogens is 1. The van der Waals surface area contributed by atoms with E-state index in [-0.39, 0.29) is 11.3 Å². The second-order valence-corrected chi connectivity index (χ2v) is 3.28. The Morgan fingerprint density at radius 3 is 2.44 bits per heavy atom. The first-order valence-electron chi connectivity index (χ1n) is 4.09. The zero-order valence-corrected chi connectivity index (χ0v) is 8.55. The predicted octanol–water partition coefficient (Wildman–Crippen LogP) is 1.53. The minimum atomic E-state index is -1.72. The molecule has 1 aromatic carbocycles. The molecule has 0 amide bonds. The molecule has 0 saturated heterocycles. The van der Waals surface area contributed by atoms with Gasteiger partial charge in [-0.05, 0) is 0 Å². The molecule has 0 saturated carbocycles. The lowest BCUT2D eigenvalue weighted by Gasteiger charge is -2.05. The van der Waals surface area contributed by atoms with Crippen LogP contribution in [0, 0.1) is 10.1 Å². The third-order valence-electron chi connectivity index (χ3n) is 1.85. The van der Waals surface area contributed by atoms with E-state index in [4.69, 9.17) is 16.7 Å². The summed E-state index contributed by atoms with van der Waals surface area (Å²) in [6, 6.07) is 5.24. The maximum Gasteiger partial charge on any atom is 0.374 e. The Labute approximate surface area is 94.6 Å². The van der Waals surface area contributed by atoms with Crippen LogP contribution in [0.3, 0.4) is 0 Å². The topological polar surface area (TPSA) is 97.5 Å². The van der Waals surface area contributed by atoms with E-state index >= 15 is 0 Å². The summed E-state index contributed by atoms with van der Waals surface area (Å²) in [7, 11) is 0. The maximum atomic E-state index is 11.1. The summed E-state index contributed by atoms with van der Waals surface area (Å²) < 4.78 is 0. The van der Waals surface area contributed by atoms with Gasteiger partial charge in [0.1, 0.15) is 5.38 Å². The third-order valence-corrected chi connectivity index (χ3v) is 2.28. The molecule has 6 nitrogen and oxygen atoms in total. The smallest absolute Gasteiger partial charge is 0.374 e. The minimum absolute atomic E-state index is 0.124. The van der Waals surface area contributed by atoms with E-state index in [1.807, 2.05) is 0 Å². The van der Waals surface area contributed by atoms with Gasteiger partial charge in [0.15, 0.2) is 0 Å². The van der Waals surface area contributed by atoms with Gasteiger partial charge in [-0.15, -0.1) is 11.6 Å². The van der Waals surface area contributed by atoms with Gasteiger partial charge in [-0.3, -0.25) is 14.9 Å². The molecule has 84 valence electrons. The Hall–Kier alpha value is -1.95. The summed E-state index contributed by atoms with van der Waals surface area (Å²) in [5.41, 5.74) is -0.501. The molecule has 7 heteroatoms. The number of carbonyl (C=O) groups excluding carboxylic acids is 1. The van der Waals surface area contributed by atoms with Crippen molar-refractivity contribution in [1.29, 1.82) is 0 Å². The Morgan fingerprint density at radius 2 is 1.94 bits per heavy atom. The van der Waals surface area contributed by atoms with Crippen molar-refractivity contribution in [3.63, 3.8) is 0 Å². The zero-order chi connectivity index (χ0) is 12.3. The van der Waals surface area contributed by atoms with Crippen LogP contribution in [-0.2, 0) is 9.59 Å². The van der Waals surface area contributed by atoms with Gasteiger partial charge >= 0.3 is 5.97 Å². The largest absolute Gasteiger partial charge is 0.475 e. The lowest BCUT2D eigenvalue weighted by atomic mass is 10.1. The van der Waals surface area contributed by atoms with Crippen molar-refractivity contribution in [2.24, 2.45) is 0 Å². The van der Waals surface area contributed by atoms with Crippen LogP contribution < -0.4 is 0 Å². The number of carboxylic acids is 1. The van der Waals surface area contributed by atoms with Crippen molar-refractivity contribution in [1.82, 2.24) is 0 Å². The lowest BCUT2D eigenvalue weighted by molar-refractivity contribution is -0.385. The zero-order valence-electron chi connectivity index (χ0n) is 7.79. The number of nitrogens with zero attached hydrogens (tertiary/aromatic N) is 1.